The summed E-state index contributed by atoms with van der Waals surface area (Å²) in [6.07, 6.45) is 37.5. The summed E-state index contributed by atoms with van der Waals surface area (Å²) < 4.78 is 17.2. The number of hydrogen-bond acceptors (Lipinski definition) is 6. The van der Waals surface area contributed by atoms with Crippen molar-refractivity contribution in [2.45, 2.75) is 180 Å². The van der Waals surface area contributed by atoms with Gasteiger partial charge in [0.2, 0.25) is 0 Å². The van der Waals surface area contributed by atoms with E-state index in [0.717, 1.165) is 64.2 Å². The number of esters is 2. The van der Waals surface area contributed by atoms with Gasteiger partial charge in [-0.2, -0.15) is 0 Å². The van der Waals surface area contributed by atoms with E-state index < -0.39 is 18.1 Å². The second-order valence-corrected chi connectivity index (χ2v) is 14.9. The molecule has 0 saturated heterocycles. The van der Waals surface area contributed by atoms with E-state index >= 15 is 0 Å². The van der Waals surface area contributed by atoms with E-state index in [9.17, 15) is 19.5 Å². The van der Waals surface area contributed by atoms with Crippen molar-refractivity contribution < 1.29 is 38.2 Å². The van der Waals surface area contributed by atoms with Gasteiger partial charge in [-0.25, -0.2) is 4.79 Å². The number of carbonyl (C=O) groups excluding carboxylic acids is 2. The molecule has 0 aromatic carbocycles. The van der Waals surface area contributed by atoms with E-state index in [1.807, 2.05) is 27.2 Å². The van der Waals surface area contributed by atoms with Crippen molar-refractivity contribution in [3.8, 4) is 0 Å². The number of carboxylic acid groups (broad SMARTS) is 1. The van der Waals surface area contributed by atoms with Gasteiger partial charge in [-0.05, 0) is 32.1 Å². The number of rotatable bonds is 36. The van der Waals surface area contributed by atoms with Gasteiger partial charge >= 0.3 is 17.9 Å². The molecule has 8 heteroatoms. The molecule has 296 valence electrons. The van der Waals surface area contributed by atoms with Crippen LogP contribution >= 0.6 is 0 Å². The fourth-order valence-corrected chi connectivity index (χ4v) is 5.91. The summed E-state index contributed by atoms with van der Waals surface area (Å²) in [5.74, 6) is -1.49. The Morgan fingerprint density at radius 2 is 1.10 bits per heavy atom. The molecular weight excluding hydrogens is 642 g/mol. The number of carboxylic acids is 1. The van der Waals surface area contributed by atoms with Crippen molar-refractivity contribution in [1.29, 1.82) is 0 Å². The van der Waals surface area contributed by atoms with Crippen LogP contribution in [0.25, 0.3) is 0 Å². The van der Waals surface area contributed by atoms with Gasteiger partial charge in [0.25, 0.3) is 0 Å². The van der Waals surface area contributed by atoms with Crippen LogP contribution in [0.2, 0.25) is 0 Å². The number of aliphatic carboxylic acids is 1. The zero-order chi connectivity index (χ0) is 37.8. The van der Waals surface area contributed by atoms with Crippen molar-refractivity contribution in [3.05, 3.63) is 36.5 Å². The van der Waals surface area contributed by atoms with Crippen LogP contribution in [-0.4, -0.2) is 80.6 Å². The Morgan fingerprint density at radius 1 is 0.608 bits per heavy atom. The highest BCUT2D eigenvalue weighted by atomic mass is 16.6. The number of likely N-dealkylation sites (N-methyl/N-ethyl adjacent to an activating group) is 1. The summed E-state index contributed by atoms with van der Waals surface area (Å²) in [6.45, 7) is 4.58. The number of allylic oxidation sites excluding steroid dienone is 6. The van der Waals surface area contributed by atoms with E-state index in [2.05, 4.69) is 44.2 Å². The molecule has 0 aromatic rings. The molecule has 0 amide bonds. The zero-order valence-corrected chi connectivity index (χ0v) is 33.6. The van der Waals surface area contributed by atoms with Crippen LogP contribution in [0.4, 0.5) is 0 Å². The number of ether oxygens (including phenoxy) is 3. The second-order valence-electron chi connectivity index (χ2n) is 14.9. The van der Waals surface area contributed by atoms with Gasteiger partial charge in [0.05, 0.1) is 34.4 Å². The minimum atomic E-state index is -0.878. The molecule has 0 rings (SSSR count). The maximum Gasteiger partial charge on any atom is 0.362 e. The molecule has 1 N–H and O–H groups in total. The Morgan fingerprint density at radius 3 is 1.61 bits per heavy atom. The number of nitrogens with zero attached hydrogens (tertiary/aromatic N) is 1. The quantitative estimate of drug-likeness (QED) is 0.0298. The van der Waals surface area contributed by atoms with Crippen molar-refractivity contribution in [2.24, 2.45) is 0 Å². The summed E-state index contributed by atoms with van der Waals surface area (Å²) in [4.78, 5) is 36.8. The second kappa shape index (κ2) is 34.6. The highest BCUT2D eigenvalue weighted by Gasteiger charge is 2.31. The van der Waals surface area contributed by atoms with Crippen molar-refractivity contribution >= 4 is 17.9 Å². The third kappa shape index (κ3) is 33.2. The maximum atomic E-state index is 12.7. The summed E-state index contributed by atoms with van der Waals surface area (Å²) in [7, 11) is 5.51. The number of hydrogen-bond donors (Lipinski definition) is 1. The van der Waals surface area contributed by atoms with Crippen LogP contribution in [0.5, 0.6) is 0 Å². The molecule has 0 saturated carbocycles. The largest absolute Gasteiger partial charge is 0.477 e. The highest BCUT2D eigenvalue weighted by molar-refractivity contribution is 5.72. The number of carbonyl (C=O) groups is 3. The minimum absolute atomic E-state index is 0.0565. The van der Waals surface area contributed by atoms with Crippen LogP contribution in [-0.2, 0) is 28.6 Å². The standard InChI is InChI=1S/C43H77NO7/c1-6-8-10-12-14-16-18-20-22-24-26-28-30-32-34-42(46)51-39(37-49-36-35-40(43(47)48)44(3,4)5)38-50-41(45)33-31-29-27-25-23-21-19-17-15-13-11-9-7-2/h9,11,13,15,17,19,39-40H,6-8,10,12,14,16,18,20-38H2,1-5H3/p+1/b11-9+,15-13+,19-17+. The van der Waals surface area contributed by atoms with Gasteiger partial charge < -0.3 is 23.8 Å². The predicted molar refractivity (Wildman–Crippen MR) is 211 cm³/mol. The fraction of sp³-hybridized carbons (Fsp3) is 0.791. The van der Waals surface area contributed by atoms with Gasteiger partial charge in [-0.3, -0.25) is 9.59 Å². The van der Waals surface area contributed by atoms with Crippen LogP contribution in [0.1, 0.15) is 168 Å². The molecule has 8 nitrogen and oxygen atoms in total. The Labute approximate surface area is 313 Å². The van der Waals surface area contributed by atoms with Crippen LogP contribution in [0.3, 0.4) is 0 Å². The number of quaternary nitrogens is 1. The molecule has 0 fully saturated rings. The molecule has 0 spiro atoms. The van der Waals surface area contributed by atoms with E-state index in [-0.39, 0.29) is 36.2 Å². The Balaban J connectivity index is 4.40. The monoisotopic (exact) mass is 721 g/mol. The molecule has 0 radical (unpaired) electrons. The maximum absolute atomic E-state index is 12.7. The topological polar surface area (TPSA) is 99.1 Å². The first-order chi connectivity index (χ1) is 24.6. The van der Waals surface area contributed by atoms with E-state index in [4.69, 9.17) is 14.2 Å². The normalized spacial score (nSPS) is 13.4. The SMILES string of the molecule is CC/C=C/C=C/C=C/CCCCCCCC(=O)OCC(COCCC(C(=O)O)[N+](C)(C)C)OC(=O)CCCCCCCCCCCCCCCC. The first kappa shape index (κ1) is 48.5. The Hall–Kier alpha value is -2.45. The van der Waals surface area contributed by atoms with Gasteiger partial charge in [0.15, 0.2) is 12.1 Å². The first-order valence-corrected chi connectivity index (χ1v) is 20.6. The van der Waals surface area contributed by atoms with Crippen molar-refractivity contribution in [3.63, 3.8) is 0 Å². The summed E-state index contributed by atoms with van der Waals surface area (Å²) >= 11 is 0. The minimum Gasteiger partial charge on any atom is -0.477 e. The molecule has 0 aliphatic rings. The molecule has 2 atom stereocenters. The lowest BCUT2D eigenvalue weighted by atomic mass is 10.0. The molecule has 0 heterocycles. The molecule has 0 bridgehead atoms. The van der Waals surface area contributed by atoms with Crippen LogP contribution < -0.4 is 0 Å². The van der Waals surface area contributed by atoms with Gasteiger partial charge in [-0.1, -0.05) is 153 Å². The van der Waals surface area contributed by atoms with E-state index in [1.165, 1.54) is 70.6 Å². The Kier molecular flexibility index (Phi) is 33.0. The van der Waals surface area contributed by atoms with Crippen LogP contribution in [0.15, 0.2) is 36.5 Å². The lowest BCUT2D eigenvalue weighted by molar-refractivity contribution is -0.887. The number of unbranched alkanes of at least 4 members (excludes halogenated alkanes) is 18. The highest BCUT2D eigenvalue weighted by Crippen LogP contribution is 2.15. The smallest absolute Gasteiger partial charge is 0.362 e. The average Bonchev–Trinajstić information content (AvgIpc) is 3.08. The lowest BCUT2D eigenvalue weighted by Crippen LogP contribution is -2.50. The summed E-state index contributed by atoms with van der Waals surface area (Å²) in [5.41, 5.74) is 0. The van der Waals surface area contributed by atoms with E-state index in [1.54, 1.807) is 0 Å². The molecule has 51 heavy (non-hydrogen) atoms. The fourth-order valence-electron chi connectivity index (χ4n) is 5.91. The van der Waals surface area contributed by atoms with Crippen molar-refractivity contribution in [1.82, 2.24) is 0 Å². The molecule has 0 aliphatic heterocycles. The van der Waals surface area contributed by atoms with Crippen LogP contribution in [0, 0.1) is 0 Å². The van der Waals surface area contributed by atoms with Gasteiger partial charge in [0, 0.05) is 19.3 Å². The summed E-state index contributed by atoms with van der Waals surface area (Å²) in [6, 6.07) is -0.615. The van der Waals surface area contributed by atoms with Crippen molar-refractivity contribution in [2.75, 3.05) is 41.0 Å². The Bertz CT molecular complexity index is 937. The van der Waals surface area contributed by atoms with Gasteiger partial charge in [0.1, 0.15) is 6.61 Å². The third-order valence-electron chi connectivity index (χ3n) is 9.12. The van der Waals surface area contributed by atoms with Gasteiger partial charge in [-0.15, -0.1) is 0 Å². The third-order valence-corrected chi connectivity index (χ3v) is 9.12. The summed E-state index contributed by atoms with van der Waals surface area (Å²) in [5, 5.41) is 9.59. The average molecular weight is 721 g/mol. The predicted octanol–water partition coefficient (Wildman–Crippen LogP) is 10.7. The molecule has 0 aliphatic carbocycles. The lowest BCUT2D eigenvalue weighted by Gasteiger charge is -2.31. The molecule has 2 unspecified atom stereocenters. The molecule has 0 aromatic heterocycles. The molecular formula is C43H78NO7+. The van der Waals surface area contributed by atoms with E-state index in [0.29, 0.717) is 19.3 Å². The first-order valence-electron chi connectivity index (χ1n) is 20.6. The zero-order valence-electron chi connectivity index (χ0n) is 33.6.